The number of hydrogen-bond acceptors (Lipinski definition) is 6. The van der Waals surface area contributed by atoms with Gasteiger partial charge in [-0.15, -0.1) is 0 Å². The van der Waals surface area contributed by atoms with E-state index in [1.165, 1.54) is 50.9 Å². The molecule has 2 aromatic carbocycles. The molecule has 0 saturated carbocycles. The van der Waals surface area contributed by atoms with Crippen molar-refractivity contribution >= 4 is 16.7 Å². The van der Waals surface area contributed by atoms with E-state index in [1.54, 1.807) is 24.3 Å². The van der Waals surface area contributed by atoms with E-state index < -0.39 is 17.3 Å². The van der Waals surface area contributed by atoms with E-state index in [2.05, 4.69) is 10.3 Å². The number of nitrogens with one attached hydrogen (secondary N) is 1. The lowest BCUT2D eigenvalue weighted by atomic mass is 9.99. The molecule has 1 amide bonds. The number of pyridine rings is 1. The molecule has 0 bridgehead atoms. The molecule has 32 heavy (non-hydrogen) atoms. The maximum absolute atomic E-state index is 13.5. The predicted octanol–water partition coefficient (Wildman–Crippen LogP) is 3.94. The van der Waals surface area contributed by atoms with Crippen LogP contribution in [0.3, 0.4) is 0 Å². The van der Waals surface area contributed by atoms with E-state index in [9.17, 15) is 14.0 Å². The van der Waals surface area contributed by atoms with Gasteiger partial charge in [-0.1, -0.05) is 12.1 Å². The van der Waals surface area contributed by atoms with Crippen LogP contribution in [0.15, 0.2) is 70.1 Å². The second-order valence-electron chi connectivity index (χ2n) is 6.93. The maximum atomic E-state index is 13.5. The van der Waals surface area contributed by atoms with Crippen LogP contribution in [0, 0.1) is 5.82 Å². The van der Waals surface area contributed by atoms with Crippen molar-refractivity contribution in [1.82, 2.24) is 10.3 Å². The Morgan fingerprint density at radius 2 is 1.72 bits per heavy atom. The molecule has 0 saturated heterocycles. The first-order valence-corrected chi connectivity index (χ1v) is 9.67. The average Bonchev–Trinajstić information content (AvgIpc) is 2.83. The molecule has 0 aliphatic rings. The van der Waals surface area contributed by atoms with Crippen LogP contribution in [0.2, 0.25) is 0 Å². The molecule has 2 heterocycles. The van der Waals surface area contributed by atoms with Crippen LogP contribution in [0.5, 0.6) is 11.5 Å². The summed E-state index contributed by atoms with van der Waals surface area (Å²) in [7, 11) is 3.06. The molecular formula is C24H19FN2O5. The second kappa shape index (κ2) is 8.89. The SMILES string of the molecule is COc1cc(CNC(=O)c2oc(=O)c3cnccc3c2-c2ccc(F)cc2)cc(OC)c1. The number of halogens is 1. The largest absolute Gasteiger partial charge is 0.497 e. The van der Waals surface area contributed by atoms with Gasteiger partial charge in [-0.05, 0) is 41.5 Å². The molecule has 2 aromatic heterocycles. The first kappa shape index (κ1) is 21.0. The third kappa shape index (κ3) is 4.15. The number of aromatic nitrogens is 1. The minimum atomic E-state index is -0.688. The Bertz CT molecular complexity index is 1330. The lowest BCUT2D eigenvalue weighted by molar-refractivity contribution is 0.0920. The number of hydrogen-bond donors (Lipinski definition) is 1. The van der Waals surface area contributed by atoms with Gasteiger partial charge in [-0.25, -0.2) is 9.18 Å². The molecule has 0 aliphatic carbocycles. The second-order valence-corrected chi connectivity index (χ2v) is 6.93. The van der Waals surface area contributed by atoms with Gasteiger partial charge in [0, 0.05) is 36.0 Å². The van der Waals surface area contributed by atoms with Gasteiger partial charge in [0.15, 0.2) is 0 Å². The number of methoxy groups -OCH3 is 2. The Labute approximate surface area is 182 Å². The number of carbonyl (C=O) groups is 1. The number of ether oxygens (including phenoxy) is 2. The predicted molar refractivity (Wildman–Crippen MR) is 116 cm³/mol. The van der Waals surface area contributed by atoms with Gasteiger partial charge in [-0.3, -0.25) is 9.78 Å². The average molecular weight is 434 g/mol. The van der Waals surface area contributed by atoms with Crippen LogP contribution < -0.4 is 20.4 Å². The van der Waals surface area contributed by atoms with Gasteiger partial charge in [0.05, 0.1) is 19.6 Å². The molecule has 0 atom stereocenters. The standard InChI is InChI=1S/C24H19FN2O5/c1-30-17-9-14(10-18(11-17)31-2)12-27-23(28)22-21(15-3-5-16(25)6-4-15)19-7-8-26-13-20(19)24(29)32-22/h3-11,13H,12H2,1-2H3,(H,27,28). The summed E-state index contributed by atoms with van der Waals surface area (Å²) in [6.45, 7) is 0.132. The minimum Gasteiger partial charge on any atom is -0.497 e. The van der Waals surface area contributed by atoms with Gasteiger partial charge < -0.3 is 19.2 Å². The van der Waals surface area contributed by atoms with E-state index in [0.29, 0.717) is 28.0 Å². The van der Waals surface area contributed by atoms with Gasteiger partial charge in [0.25, 0.3) is 5.91 Å². The van der Waals surface area contributed by atoms with Crippen LogP contribution in [0.1, 0.15) is 16.1 Å². The molecule has 8 heteroatoms. The van der Waals surface area contributed by atoms with Crippen LogP contribution in [0.25, 0.3) is 21.9 Å². The summed E-state index contributed by atoms with van der Waals surface area (Å²) in [6, 6.07) is 12.4. The highest BCUT2D eigenvalue weighted by Crippen LogP contribution is 2.30. The lowest BCUT2D eigenvalue weighted by Crippen LogP contribution is -2.25. The van der Waals surface area contributed by atoms with Gasteiger partial charge >= 0.3 is 5.63 Å². The normalized spacial score (nSPS) is 10.7. The molecule has 1 N–H and O–H groups in total. The number of benzene rings is 2. The topological polar surface area (TPSA) is 90.7 Å². The van der Waals surface area contributed by atoms with E-state index in [4.69, 9.17) is 13.9 Å². The highest BCUT2D eigenvalue weighted by molar-refractivity contribution is 6.06. The fourth-order valence-corrected chi connectivity index (χ4v) is 3.39. The fraction of sp³-hybridized carbons (Fsp3) is 0.125. The molecule has 0 unspecified atom stereocenters. The monoisotopic (exact) mass is 434 g/mol. The molecule has 0 radical (unpaired) electrons. The summed E-state index contributed by atoms with van der Waals surface area (Å²) in [5.74, 6) is -0.0390. The smallest absolute Gasteiger partial charge is 0.345 e. The van der Waals surface area contributed by atoms with Crippen LogP contribution in [-0.4, -0.2) is 25.1 Å². The summed E-state index contributed by atoms with van der Waals surface area (Å²) in [5, 5.41) is 3.46. The Hall–Kier alpha value is -4.20. The number of carbonyl (C=O) groups excluding carboxylic acids is 1. The van der Waals surface area contributed by atoms with E-state index >= 15 is 0 Å². The highest BCUT2D eigenvalue weighted by atomic mass is 19.1. The van der Waals surface area contributed by atoms with Crippen molar-refractivity contribution in [3.8, 4) is 22.6 Å². The van der Waals surface area contributed by atoms with E-state index in [1.807, 2.05) is 0 Å². The summed E-state index contributed by atoms with van der Waals surface area (Å²) in [4.78, 5) is 29.6. The maximum Gasteiger partial charge on any atom is 0.345 e. The Morgan fingerprint density at radius 1 is 1.03 bits per heavy atom. The number of nitrogens with zero attached hydrogens (tertiary/aromatic N) is 1. The summed E-state index contributed by atoms with van der Waals surface area (Å²) >= 11 is 0. The van der Waals surface area contributed by atoms with Crippen molar-refractivity contribution in [2.75, 3.05) is 14.2 Å². The summed E-state index contributed by atoms with van der Waals surface area (Å²) in [6.07, 6.45) is 2.89. The van der Waals surface area contributed by atoms with Crippen molar-refractivity contribution in [1.29, 1.82) is 0 Å². The van der Waals surface area contributed by atoms with E-state index in [0.717, 1.165) is 5.56 Å². The minimum absolute atomic E-state index is 0.132. The number of rotatable bonds is 6. The first-order valence-electron chi connectivity index (χ1n) is 9.67. The number of amides is 1. The Kier molecular flexibility index (Phi) is 5.85. The Balaban J connectivity index is 1.75. The summed E-state index contributed by atoms with van der Waals surface area (Å²) in [5.41, 5.74) is 0.944. The Morgan fingerprint density at radius 3 is 2.38 bits per heavy atom. The summed E-state index contributed by atoms with van der Waals surface area (Å²) < 4.78 is 29.4. The fourth-order valence-electron chi connectivity index (χ4n) is 3.39. The van der Waals surface area contributed by atoms with Crippen molar-refractivity contribution < 1.29 is 23.1 Å². The lowest BCUT2D eigenvalue weighted by Gasteiger charge is -2.13. The molecule has 4 rings (SSSR count). The zero-order chi connectivity index (χ0) is 22.7. The molecule has 0 fully saturated rings. The zero-order valence-corrected chi connectivity index (χ0v) is 17.3. The molecule has 0 spiro atoms. The quantitative estimate of drug-likeness (QED) is 0.494. The molecule has 4 aromatic rings. The van der Waals surface area contributed by atoms with Crippen molar-refractivity contribution in [3.63, 3.8) is 0 Å². The van der Waals surface area contributed by atoms with Crippen LogP contribution in [0.4, 0.5) is 4.39 Å². The van der Waals surface area contributed by atoms with Crippen LogP contribution >= 0.6 is 0 Å². The zero-order valence-electron chi connectivity index (χ0n) is 17.3. The molecule has 0 aliphatic heterocycles. The van der Waals surface area contributed by atoms with Gasteiger partial charge in [0.2, 0.25) is 5.76 Å². The van der Waals surface area contributed by atoms with Gasteiger partial charge in [-0.2, -0.15) is 0 Å². The van der Waals surface area contributed by atoms with Gasteiger partial charge in [0.1, 0.15) is 17.3 Å². The molecule has 162 valence electrons. The van der Waals surface area contributed by atoms with E-state index in [-0.39, 0.29) is 17.7 Å². The van der Waals surface area contributed by atoms with Crippen LogP contribution in [-0.2, 0) is 6.54 Å². The third-order valence-corrected chi connectivity index (χ3v) is 4.94. The van der Waals surface area contributed by atoms with Crippen molar-refractivity contribution in [2.24, 2.45) is 0 Å². The molecular weight excluding hydrogens is 415 g/mol. The number of fused-ring (bicyclic) bond motifs is 1. The van der Waals surface area contributed by atoms with Crippen molar-refractivity contribution in [3.05, 3.63) is 88.5 Å². The first-order chi connectivity index (χ1) is 15.5. The highest BCUT2D eigenvalue weighted by Gasteiger charge is 2.21. The molecule has 7 nitrogen and oxygen atoms in total. The third-order valence-electron chi connectivity index (χ3n) is 4.94. The van der Waals surface area contributed by atoms with Crippen molar-refractivity contribution in [2.45, 2.75) is 6.54 Å².